The van der Waals surface area contributed by atoms with Gasteiger partial charge in [0.15, 0.2) is 11.8 Å². The van der Waals surface area contributed by atoms with Crippen molar-refractivity contribution in [2.24, 2.45) is 17.4 Å². The van der Waals surface area contributed by atoms with Crippen molar-refractivity contribution in [1.29, 1.82) is 5.41 Å². The van der Waals surface area contributed by atoms with Gasteiger partial charge in [-0.3, -0.25) is 15.0 Å². The van der Waals surface area contributed by atoms with Crippen LogP contribution in [0.4, 0.5) is 0 Å². The minimum absolute atomic E-state index is 0.118. The summed E-state index contributed by atoms with van der Waals surface area (Å²) in [6, 6.07) is 11.6. The third kappa shape index (κ3) is 10.7. The minimum atomic E-state index is -0.897. The van der Waals surface area contributed by atoms with Crippen LogP contribution < -0.4 is 27.4 Å². The van der Waals surface area contributed by atoms with E-state index in [1.54, 1.807) is 19.1 Å². The quantitative estimate of drug-likeness (QED) is 0.0684. The van der Waals surface area contributed by atoms with E-state index in [0.717, 1.165) is 35.1 Å². The van der Waals surface area contributed by atoms with E-state index in [9.17, 15) is 14.7 Å². The summed E-state index contributed by atoms with van der Waals surface area (Å²) in [7, 11) is 0. The van der Waals surface area contributed by atoms with Crippen molar-refractivity contribution < 1.29 is 19.2 Å². The number of aryl methyl sites for hydroxylation is 2. The van der Waals surface area contributed by atoms with E-state index in [1.165, 1.54) is 0 Å². The summed E-state index contributed by atoms with van der Waals surface area (Å²) in [5, 5.41) is 30.2. The van der Waals surface area contributed by atoms with Crippen LogP contribution in [-0.4, -0.2) is 52.2 Å². The number of unbranched alkanes of at least 4 members (excludes halogenated alkanes) is 1. The molecule has 1 heterocycles. The first kappa shape index (κ1) is 34.0. The van der Waals surface area contributed by atoms with Gasteiger partial charge >= 0.3 is 0 Å². The van der Waals surface area contributed by atoms with Crippen molar-refractivity contribution in [3.8, 4) is 5.75 Å². The SMILES string of the molecule is Cc1cc(O)cc(C)c1C[C@H](NC(=O)[C@H](C)CCCNC(=N)N)C(=O)N[C@H](CCCCN)c1nc(Cc2ccccc2)no1. The standard InChI is InChI=1S/C32H46N8O4/c1-20(10-9-15-36-32(34)35)29(42)38-27(19-25-21(2)16-24(41)17-22(25)3)30(43)37-26(13-7-8-14-33)31-39-28(40-44-31)18-23-11-5-4-6-12-23/h4-6,11-12,16-17,20,26-27,41H,7-10,13-15,18-19,33H2,1-3H3,(H,37,43)(H,38,42)(H4,34,35,36)/t20-,26-,27+/m1/s1. The van der Waals surface area contributed by atoms with E-state index in [1.807, 2.05) is 44.2 Å². The number of hydrogen-bond donors (Lipinski definition) is 7. The van der Waals surface area contributed by atoms with E-state index < -0.39 is 12.1 Å². The zero-order valence-corrected chi connectivity index (χ0v) is 25.9. The Labute approximate surface area is 258 Å². The second-order valence-corrected chi connectivity index (χ2v) is 11.3. The van der Waals surface area contributed by atoms with Gasteiger partial charge in [0.25, 0.3) is 0 Å². The Morgan fingerprint density at radius 1 is 1.02 bits per heavy atom. The van der Waals surface area contributed by atoms with Gasteiger partial charge in [-0.1, -0.05) is 42.4 Å². The summed E-state index contributed by atoms with van der Waals surface area (Å²) < 4.78 is 5.62. The molecule has 12 nitrogen and oxygen atoms in total. The molecule has 0 unspecified atom stereocenters. The smallest absolute Gasteiger partial charge is 0.249 e. The number of nitrogens with one attached hydrogen (secondary N) is 4. The molecule has 3 rings (SSSR count). The van der Waals surface area contributed by atoms with Crippen LogP contribution in [0.25, 0.3) is 0 Å². The number of aromatic nitrogens is 2. The number of rotatable bonds is 17. The van der Waals surface area contributed by atoms with Gasteiger partial charge in [0.05, 0.1) is 0 Å². The summed E-state index contributed by atoms with van der Waals surface area (Å²) in [6.45, 7) is 6.53. The first-order chi connectivity index (χ1) is 21.1. The number of phenols is 1. The molecule has 0 spiro atoms. The molecule has 0 saturated carbocycles. The van der Waals surface area contributed by atoms with Gasteiger partial charge in [0.1, 0.15) is 17.8 Å². The fourth-order valence-electron chi connectivity index (χ4n) is 5.06. The Morgan fingerprint density at radius 3 is 2.39 bits per heavy atom. The molecular formula is C32H46N8O4. The molecule has 0 fully saturated rings. The Morgan fingerprint density at radius 2 is 1.73 bits per heavy atom. The van der Waals surface area contributed by atoms with Crippen molar-refractivity contribution in [3.63, 3.8) is 0 Å². The number of carbonyl (C=O) groups excluding carboxylic acids is 2. The van der Waals surface area contributed by atoms with Gasteiger partial charge in [-0.2, -0.15) is 4.98 Å². The summed E-state index contributed by atoms with van der Waals surface area (Å²) in [6.07, 6.45) is 3.93. The number of amides is 2. The van der Waals surface area contributed by atoms with E-state index in [-0.39, 0.29) is 35.9 Å². The highest BCUT2D eigenvalue weighted by molar-refractivity contribution is 5.89. The highest BCUT2D eigenvalue weighted by Crippen LogP contribution is 2.24. The van der Waals surface area contributed by atoms with Crippen molar-refractivity contribution in [1.82, 2.24) is 26.1 Å². The molecule has 12 heteroatoms. The minimum Gasteiger partial charge on any atom is -0.508 e. The number of carbonyl (C=O) groups is 2. The van der Waals surface area contributed by atoms with Crippen molar-refractivity contribution in [3.05, 3.63) is 76.4 Å². The molecule has 0 aliphatic rings. The molecule has 0 radical (unpaired) electrons. The molecule has 0 bridgehead atoms. The van der Waals surface area contributed by atoms with E-state index in [4.69, 9.17) is 21.4 Å². The largest absolute Gasteiger partial charge is 0.508 e. The molecule has 3 aromatic rings. The van der Waals surface area contributed by atoms with E-state index in [0.29, 0.717) is 50.5 Å². The molecule has 0 aliphatic carbocycles. The van der Waals surface area contributed by atoms with Crippen LogP contribution in [0.1, 0.15) is 79.0 Å². The number of guanidine groups is 1. The lowest BCUT2D eigenvalue weighted by Gasteiger charge is -2.24. The third-order valence-electron chi connectivity index (χ3n) is 7.55. The highest BCUT2D eigenvalue weighted by atomic mass is 16.5. The van der Waals surface area contributed by atoms with Crippen LogP contribution in [0.15, 0.2) is 47.0 Å². The summed E-state index contributed by atoms with van der Waals surface area (Å²) in [5.41, 5.74) is 14.6. The van der Waals surface area contributed by atoms with Crippen LogP contribution in [0.2, 0.25) is 0 Å². The number of phenolic OH excluding ortho intramolecular Hbond substituents is 1. The van der Waals surface area contributed by atoms with Gasteiger partial charge in [-0.15, -0.1) is 0 Å². The number of aromatic hydroxyl groups is 1. The molecular weight excluding hydrogens is 560 g/mol. The maximum atomic E-state index is 13.9. The average Bonchev–Trinajstić information content (AvgIpc) is 3.44. The lowest BCUT2D eigenvalue weighted by molar-refractivity contribution is -0.131. The van der Waals surface area contributed by atoms with Crippen LogP contribution in [-0.2, 0) is 22.4 Å². The number of benzene rings is 2. The fraction of sp³-hybridized carbons (Fsp3) is 0.469. The van der Waals surface area contributed by atoms with Gasteiger partial charge in [-0.05, 0) is 86.9 Å². The third-order valence-corrected chi connectivity index (χ3v) is 7.55. The van der Waals surface area contributed by atoms with Gasteiger partial charge in [0, 0.05) is 25.3 Å². The first-order valence-corrected chi connectivity index (χ1v) is 15.1. The number of hydrogen-bond acceptors (Lipinski definition) is 8. The topological polar surface area (TPSA) is 205 Å². The predicted molar refractivity (Wildman–Crippen MR) is 169 cm³/mol. The Bertz CT molecular complexity index is 1350. The molecule has 9 N–H and O–H groups in total. The van der Waals surface area contributed by atoms with Crippen molar-refractivity contribution >= 4 is 17.8 Å². The Hall–Kier alpha value is -4.45. The molecule has 0 saturated heterocycles. The lowest BCUT2D eigenvalue weighted by atomic mass is 9.94. The van der Waals surface area contributed by atoms with Gasteiger partial charge in [-0.25, -0.2) is 0 Å². The fourth-order valence-corrected chi connectivity index (χ4v) is 5.06. The Kier molecular flexibility index (Phi) is 13.2. The van der Waals surface area contributed by atoms with Crippen molar-refractivity contribution in [2.75, 3.05) is 13.1 Å². The van der Waals surface area contributed by atoms with Crippen LogP contribution in [0.3, 0.4) is 0 Å². The molecule has 0 aliphatic heterocycles. The number of nitrogens with two attached hydrogens (primary N) is 2. The number of nitrogens with zero attached hydrogens (tertiary/aromatic N) is 2. The average molecular weight is 607 g/mol. The maximum absolute atomic E-state index is 13.9. The van der Waals surface area contributed by atoms with Crippen LogP contribution >= 0.6 is 0 Å². The lowest BCUT2D eigenvalue weighted by Crippen LogP contribution is -2.50. The molecule has 2 aromatic carbocycles. The molecule has 1 aromatic heterocycles. The van der Waals surface area contributed by atoms with E-state index >= 15 is 0 Å². The zero-order valence-electron chi connectivity index (χ0n) is 25.9. The molecule has 2 amide bonds. The van der Waals surface area contributed by atoms with Gasteiger partial charge < -0.3 is 37.0 Å². The summed E-state index contributed by atoms with van der Waals surface area (Å²) in [4.78, 5) is 31.8. The van der Waals surface area contributed by atoms with Crippen LogP contribution in [0.5, 0.6) is 5.75 Å². The monoisotopic (exact) mass is 606 g/mol. The summed E-state index contributed by atoms with van der Waals surface area (Å²) in [5.74, 6) is -0.178. The second-order valence-electron chi connectivity index (χ2n) is 11.3. The molecule has 238 valence electrons. The molecule has 44 heavy (non-hydrogen) atoms. The van der Waals surface area contributed by atoms with E-state index in [2.05, 4.69) is 26.1 Å². The predicted octanol–water partition coefficient (Wildman–Crippen LogP) is 2.90. The second kappa shape index (κ2) is 17.0. The Balaban J connectivity index is 1.81. The van der Waals surface area contributed by atoms with Crippen molar-refractivity contribution in [2.45, 2.75) is 77.8 Å². The normalized spacial score (nSPS) is 13.1. The maximum Gasteiger partial charge on any atom is 0.249 e. The first-order valence-electron chi connectivity index (χ1n) is 15.1. The molecule has 3 atom stereocenters. The van der Waals surface area contributed by atoms with Gasteiger partial charge in [0.2, 0.25) is 17.7 Å². The zero-order chi connectivity index (χ0) is 32.1. The van der Waals surface area contributed by atoms with Crippen LogP contribution in [0, 0.1) is 25.2 Å². The summed E-state index contributed by atoms with van der Waals surface area (Å²) >= 11 is 0. The highest BCUT2D eigenvalue weighted by Gasteiger charge is 2.29.